The fourth-order valence-electron chi connectivity index (χ4n) is 1.85. The maximum Gasteiger partial charge on any atom is 0.145 e. The molecule has 16 heavy (non-hydrogen) atoms. The summed E-state index contributed by atoms with van der Waals surface area (Å²) in [5.74, 6) is 0.0487. The van der Waals surface area contributed by atoms with Gasteiger partial charge in [0.15, 0.2) is 0 Å². The predicted molar refractivity (Wildman–Crippen MR) is 65.4 cm³/mol. The standard InChI is InChI=1S/C13H17ClFN/c1-8(2)9-5-10(7-13(16)3-4-13)12(15)11(14)6-9/h5-6,8H,3-4,7,16H2,1-2H3. The number of nitrogens with two attached hydrogens (primary N) is 1. The summed E-state index contributed by atoms with van der Waals surface area (Å²) in [5.41, 5.74) is 7.57. The quantitative estimate of drug-likeness (QED) is 0.859. The molecule has 0 unspecified atom stereocenters. The van der Waals surface area contributed by atoms with E-state index in [1.807, 2.05) is 6.07 Å². The van der Waals surface area contributed by atoms with Crippen LogP contribution in [0.25, 0.3) is 0 Å². The minimum atomic E-state index is -0.303. The van der Waals surface area contributed by atoms with Crippen LogP contribution in [0.4, 0.5) is 4.39 Å². The predicted octanol–water partition coefficient (Wildman–Crippen LogP) is 3.64. The van der Waals surface area contributed by atoms with Crippen molar-refractivity contribution < 1.29 is 4.39 Å². The molecule has 0 saturated heterocycles. The molecular weight excluding hydrogens is 225 g/mol. The third kappa shape index (κ3) is 2.38. The van der Waals surface area contributed by atoms with Crippen molar-refractivity contribution in [2.75, 3.05) is 0 Å². The second-order valence-corrected chi connectivity index (χ2v) is 5.58. The SMILES string of the molecule is CC(C)c1cc(Cl)c(F)c(CC2(N)CC2)c1. The van der Waals surface area contributed by atoms with Crippen LogP contribution in [-0.4, -0.2) is 5.54 Å². The van der Waals surface area contributed by atoms with Gasteiger partial charge in [-0.3, -0.25) is 0 Å². The summed E-state index contributed by atoms with van der Waals surface area (Å²) < 4.78 is 13.8. The lowest BCUT2D eigenvalue weighted by atomic mass is 9.96. The zero-order valence-electron chi connectivity index (χ0n) is 9.69. The van der Waals surface area contributed by atoms with Crippen LogP contribution in [-0.2, 0) is 6.42 Å². The van der Waals surface area contributed by atoms with E-state index < -0.39 is 0 Å². The van der Waals surface area contributed by atoms with Gasteiger partial charge in [-0.15, -0.1) is 0 Å². The molecule has 1 fully saturated rings. The maximum atomic E-state index is 13.8. The molecule has 0 bridgehead atoms. The Balaban J connectivity index is 2.34. The zero-order valence-corrected chi connectivity index (χ0v) is 10.4. The van der Waals surface area contributed by atoms with Gasteiger partial charge in [0.1, 0.15) is 5.82 Å². The number of halogens is 2. The van der Waals surface area contributed by atoms with Gasteiger partial charge in [0.2, 0.25) is 0 Å². The van der Waals surface area contributed by atoms with Gasteiger partial charge in [0.25, 0.3) is 0 Å². The highest BCUT2D eigenvalue weighted by atomic mass is 35.5. The monoisotopic (exact) mass is 241 g/mol. The number of benzene rings is 1. The Morgan fingerprint density at radius 2 is 2.06 bits per heavy atom. The lowest BCUT2D eigenvalue weighted by Crippen LogP contribution is -2.25. The Labute approximate surface area is 101 Å². The Morgan fingerprint density at radius 1 is 1.44 bits per heavy atom. The molecular formula is C13H17ClFN. The van der Waals surface area contributed by atoms with Gasteiger partial charge in [-0.05, 0) is 42.4 Å². The van der Waals surface area contributed by atoms with Gasteiger partial charge in [0.05, 0.1) is 5.02 Å². The summed E-state index contributed by atoms with van der Waals surface area (Å²) in [7, 11) is 0. The van der Waals surface area contributed by atoms with Crippen molar-refractivity contribution in [3.05, 3.63) is 34.1 Å². The molecule has 0 spiro atoms. The first-order chi connectivity index (χ1) is 7.41. The first-order valence-corrected chi connectivity index (χ1v) is 6.06. The van der Waals surface area contributed by atoms with Crippen LogP contribution in [0.2, 0.25) is 5.02 Å². The van der Waals surface area contributed by atoms with Crippen molar-refractivity contribution >= 4 is 11.6 Å². The summed E-state index contributed by atoms with van der Waals surface area (Å²) in [6, 6.07) is 3.61. The van der Waals surface area contributed by atoms with Gasteiger partial charge in [-0.1, -0.05) is 31.5 Å². The molecule has 1 aromatic rings. The molecule has 0 aromatic heterocycles. The van der Waals surface area contributed by atoms with Gasteiger partial charge in [-0.2, -0.15) is 0 Å². The van der Waals surface area contributed by atoms with Crippen molar-refractivity contribution in [1.29, 1.82) is 0 Å². The summed E-state index contributed by atoms with van der Waals surface area (Å²) in [4.78, 5) is 0. The van der Waals surface area contributed by atoms with Gasteiger partial charge in [-0.25, -0.2) is 4.39 Å². The summed E-state index contributed by atoms with van der Waals surface area (Å²) in [6.45, 7) is 4.14. The molecule has 1 nitrogen and oxygen atoms in total. The second kappa shape index (κ2) is 4.01. The molecule has 0 atom stereocenters. The van der Waals surface area contributed by atoms with Gasteiger partial charge >= 0.3 is 0 Å². The van der Waals surface area contributed by atoms with E-state index in [0.717, 1.165) is 18.4 Å². The van der Waals surface area contributed by atoms with E-state index in [0.29, 0.717) is 17.9 Å². The molecule has 1 saturated carbocycles. The maximum absolute atomic E-state index is 13.8. The first kappa shape index (κ1) is 11.9. The molecule has 0 radical (unpaired) electrons. The molecule has 3 heteroatoms. The molecule has 0 aliphatic heterocycles. The molecule has 1 aliphatic rings. The van der Waals surface area contributed by atoms with E-state index >= 15 is 0 Å². The third-order valence-corrected chi connectivity index (χ3v) is 3.50. The Hall–Kier alpha value is -0.600. The normalized spacial score (nSPS) is 17.9. The number of hydrogen-bond acceptors (Lipinski definition) is 1. The van der Waals surface area contributed by atoms with Crippen molar-refractivity contribution in [2.45, 2.75) is 44.6 Å². The highest BCUT2D eigenvalue weighted by Gasteiger charge is 2.38. The largest absolute Gasteiger partial charge is 0.325 e. The summed E-state index contributed by atoms with van der Waals surface area (Å²) >= 11 is 5.90. The van der Waals surface area contributed by atoms with Crippen LogP contribution in [0.3, 0.4) is 0 Å². The minimum Gasteiger partial charge on any atom is -0.325 e. The van der Waals surface area contributed by atoms with E-state index in [-0.39, 0.29) is 16.4 Å². The van der Waals surface area contributed by atoms with Gasteiger partial charge in [0, 0.05) is 5.54 Å². The average molecular weight is 242 g/mol. The number of rotatable bonds is 3. The molecule has 2 rings (SSSR count). The van der Waals surface area contributed by atoms with Crippen molar-refractivity contribution in [1.82, 2.24) is 0 Å². The van der Waals surface area contributed by atoms with Crippen molar-refractivity contribution in [3.63, 3.8) is 0 Å². The van der Waals surface area contributed by atoms with E-state index in [1.165, 1.54) is 0 Å². The Kier molecular flexibility index (Phi) is 2.97. The van der Waals surface area contributed by atoms with Crippen LogP contribution >= 0.6 is 11.6 Å². The van der Waals surface area contributed by atoms with Crippen molar-refractivity contribution in [3.8, 4) is 0 Å². The lowest BCUT2D eigenvalue weighted by molar-refractivity contribution is 0.581. The topological polar surface area (TPSA) is 26.0 Å². The van der Waals surface area contributed by atoms with E-state index in [4.69, 9.17) is 17.3 Å². The molecule has 1 aromatic carbocycles. The fraction of sp³-hybridized carbons (Fsp3) is 0.538. The summed E-state index contributed by atoms with van der Waals surface area (Å²) in [5, 5.41) is 0.213. The molecule has 0 amide bonds. The van der Waals surface area contributed by atoms with E-state index in [1.54, 1.807) is 6.07 Å². The smallest absolute Gasteiger partial charge is 0.145 e. The molecule has 0 heterocycles. The zero-order chi connectivity index (χ0) is 11.9. The molecule has 2 N–H and O–H groups in total. The minimum absolute atomic E-state index is 0.181. The average Bonchev–Trinajstić information content (AvgIpc) is 2.91. The second-order valence-electron chi connectivity index (χ2n) is 5.17. The lowest BCUT2D eigenvalue weighted by Gasteiger charge is -2.14. The van der Waals surface area contributed by atoms with E-state index in [2.05, 4.69) is 13.8 Å². The van der Waals surface area contributed by atoms with Crippen LogP contribution < -0.4 is 5.73 Å². The van der Waals surface area contributed by atoms with Crippen LogP contribution in [0.15, 0.2) is 12.1 Å². The molecule has 1 aliphatic carbocycles. The molecule has 88 valence electrons. The third-order valence-electron chi connectivity index (χ3n) is 3.23. The highest BCUT2D eigenvalue weighted by molar-refractivity contribution is 6.30. The number of hydrogen-bond donors (Lipinski definition) is 1. The Morgan fingerprint density at radius 3 is 2.56 bits per heavy atom. The van der Waals surface area contributed by atoms with Crippen molar-refractivity contribution in [2.24, 2.45) is 5.73 Å². The highest BCUT2D eigenvalue weighted by Crippen LogP contribution is 2.37. The van der Waals surface area contributed by atoms with Crippen LogP contribution in [0.1, 0.15) is 43.7 Å². The Bertz CT molecular complexity index is 411. The van der Waals surface area contributed by atoms with E-state index in [9.17, 15) is 4.39 Å². The fourth-order valence-corrected chi connectivity index (χ4v) is 2.10. The van der Waals surface area contributed by atoms with Gasteiger partial charge < -0.3 is 5.73 Å². The summed E-state index contributed by atoms with van der Waals surface area (Å²) in [6.07, 6.45) is 2.56. The first-order valence-electron chi connectivity index (χ1n) is 5.68. The van der Waals surface area contributed by atoms with Crippen LogP contribution in [0, 0.1) is 5.82 Å². The van der Waals surface area contributed by atoms with Crippen LogP contribution in [0.5, 0.6) is 0 Å².